The number of halogens is 2. The van der Waals surface area contributed by atoms with E-state index in [0.29, 0.717) is 24.3 Å². The first-order chi connectivity index (χ1) is 11.4. The van der Waals surface area contributed by atoms with E-state index >= 15 is 0 Å². The van der Waals surface area contributed by atoms with Crippen molar-refractivity contribution in [3.05, 3.63) is 29.3 Å². The fourth-order valence-corrected chi connectivity index (χ4v) is 4.30. The van der Waals surface area contributed by atoms with Crippen molar-refractivity contribution in [2.24, 2.45) is 0 Å². The smallest absolute Gasteiger partial charge is 0.415 e. The fourth-order valence-electron chi connectivity index (χ4n) is 3.00. The molecule has 1 atom stereocenters. The minimum Gasteiger partial charge on any atom is -0.616 e. The summed E-state index contributed by atoms with van der Waals surface area (Å²) in [5.74, 6) is -2.45. The van der Waals surface area contributed by atoms with Crippen LogP contribution in [-0.2, 0) is 20.7 Å². The highest BCUT2D eigenvalue weighted by Gasteiger charge is 2.38. The van der Waals surface area contributed by atoms with E-state index in [1.807, 2.05) is 0 Å². The molecule has 0 radical (unpaired) electrons. The Kier molecular flexibility index (Phi) is 4.64. The number of anilines is 1. The standard InChI is InChI=1S/C15H15F2NO5S/c16-10-5-9(18-7-12(14(19)20)23-15(18)21)6-11(17)13(10)8-1-3-24(22)4-2-8/h5-6,8,12H,1-4,7H2,(H,19,20)/t8-,12-,24+/m1/s1. The summed E-state index contributed by atoms with van der Waals surface area (Å²) in [7, 11) is 0. The molecule has 1 N–H and O–H groups in total. The van der Waals surface area contributed by atoms with E-state index in [0.717, 1.165) is 17.0 Å². The normalized spacial score (nSPS) is 27.2. The van der Waals surface area contributed by atoms with Crippen LogP contribution in [0.5, 0.6) is 0 Å². The van der Waals surface area contributed by atoms with Gasteiger partial charge < -0.3 is 14.4 Å². The van der Waals surface area contributed by atoms with Crippen LogP contribution in [0.3, 0.4) is 0 Å². The number of carbonyl (C=O) groups is 2. The van der Waals surface area contributed by atoms with Crippen LogP contribution in [0.4, 0.5) is 19.3 Å². The minimum atomic E-state index is -1.36. The Morgan fingerprint density at radius 2 is 1.88 bits per heavy atom. The molecule has 2 fully saturated rings. The lowest BCUT2D eigenvalue weighted by atomic mass is 9.92. The van der Waals surface area contributed by atoms with Crippen molar-refractivity contribution in [1.82, 2.24) is 0 Å². The van der Waals surface area contributed by atoms with Crippen LogP contribution < -0.4 is 4.90 Å². The zero-order chi connectivity index (χ0) is 17.4. The number of carbonyl (C=O) groups excluding carboxylic acids is 1. The molecule has 0 spiro atoms. The zero-order valence-corrected chi connectivity index (χ0v) is 13.4. The van der Waals surface area contributed by atoms with Crippen molar-refractivity contribution in [3.63, 3.8) is 0 Å². The largest absolute Gasteiger partial charge is 0.616 e. The van der Waals surface area contributed by atoms with Crippen LogP contribution in [-0.4, -0.2) is 45.9 Å². The quantitative estimate of drug-likeness (QED) is 0.834. The van der Waals surface area contributed by atoms with Crippen LogP contribution >= 0.6 is 0 Å². The molecule has 0 bridgehead atoms. The Bertz CT molecular complexity index is 655. The van der Waals surface area contributed by atoms with Gasteiger partial charge in [-0.25, -0.2) is 18.4 Å². The van der Waals surface area contributed by atoms with E-state index in [-0.39, 0.29) is 23.7 Å². The summed E-state index contributed by atoms with van der Waals surface area (Å²) in [5, 5.41) is 8.86. The molecule has 1 aromatic rings. The zero-order valence-electron chi connectivity index (χ0n) is 12.5. The van der Waals surface area contributed by atoms with Gasteiger partial charge in [-0.05, 0) is 30.9 Å². The summed E-state index contributed by atoms with van der Waals surface area (Å²) < 4.78 is 44.8. The topological polar surface area (TPSA) is 89.9 Å². The molecule has 3 rings (SSSR count). The van der Waals surface area contributed by atoms with Crippen molar-refractivity contribution in [1.29, 1.82) is 0 Å². The van der Waals surface area contributed by atoms with Crippen LogP contribution in [0.25, 0.3) is 0 Å². The molecule has 0 unspecified atom stereocenters. The van der Waals surface area contributed by atoms with E-state index in [2.05, 4.69) is 4.74 Å². The highest BCUT2D eigenvalue weighted by Crippen LogP contribution is 2.35. The molecule has 9 heteroatoms. The average molecular weight is 359 g/mol. The molecule has 1 aromatic carbocycles. The van der Waals surface area contributed by atoms with Gasteiger partial charge in [0.25, 0.3) is 0 Å². The molecule has 2 aliphatic rings. The molecule has 1 amide bonds. The van der Waals surface area contributed by atoms with Gasteiger partial charge in [-0.15, -0.1) is 0 Å². The second-order valence-electron chi connectivity index (χ2n) is 5.77. The van der Waals surface area contributed by atoms with E-state index in [9.17, 15) is 22.9 Å². The third kappa shape index (κ3) is 3.18. The molecule has 0 aromatic heterocycles. The molecular weight excluding hydrogens is 344 g/mol. The number of nitrogens with zero attached hydrogens (tertiary/aromatic N) is 1. The lowest BCUT2D eigenvalue weighted by Crippen LogP contribution is -2.28. The van der Waals surface area contributed by atoms with Gasteiger partial charge in [0.1, 0.15) is 23.1 Å². The highest BCUT2D eigenvalue weighted by atomic mass is 32.2. The van der Waals surface area contributed by atoms with Crippen LogP contribution in [0.1, 0.15) is 24.3 Å². The Balaban J connectivity index is 1.85. The summed E-state index contributed by atoms with van der Waals surface area (Å²) in [6, 6.07) is 2.02. The van der Waals surface area contributed by atoms with Crippen LogP contribution in [0.2, 0.25) is 0 Å². The van der Waals surface area contributed by atoms with Gasteiger partial charge >= 0.3 is 12.1 Å². The predicted octanol–water partition coefficient (Wildman–Crippen LogP) is 2.00. The maximum atomic E-state index is 14.4. The van der Waals surface area contributed by atoms with Gasteiger partial charge in [0.15, 0.2) is 0 Å². The first-order valence-corrected chi connectivity index (χ1v) is 8.90. The maximum absolute atomic E-state index is 14.4. The first-order valence-electron chi connectivity index (χ1n) is 7.41. The lowest BCUT2D eigenvalue weighted by Gasteiger charge is -2.25. The minimum absolute atomic E-state index is 0.0715. The van der Waals surface area contributed by atoms with Gasteiger partial charge in [-0.3, -0.25) is 4.90 Å². The summed E-state index contributed by atoms with van der Waals surface area (Å²) in [4.78, 5) is 23.5. The number of rotatable bonds is 3. The number of cyclic esters (lactones) is 1. The van der Waals surface area contributed by atoms with Crippen molar-refractivity contribution in [2.75, 3.05) is 23.0 Å². The number of aliphatic carboxylic acids is 1. The third-order valence-electron chi connectivity index (χ3n) is 4.26. The molecule has 130 valence electrons. The second-order valence-corrected chi connectivity index (χ2v) is 7.46. The number of ether oxygens (including phenoxy) is 1. The van der Waals surface area contributed by atoms with Gasteiger partial charge in [0.2, 0.25) is 6.10 Å². The number of amides is 1. The van der Waals surface area contributed by atoms with Gasteiger partial charge in [0.05, 0.1) is 12.2 Å². The first kappa shape index (κ1) is 17.0. The Labute approximate surface area is 139 Å². The number of carboxylic acids is 1. The molecule has 2 heterocycles. The molecular formula is C15H15F2NO5S. The molecule has 0 aliphatic carbocycles. The molecule has 2 saturated heterocycles. The number of hydrogen-bond donors (Lipinski definition) is 1. The van der Waals surface area contributed by atoms with Gasteiger partial charge in [-0.1, -0.05) is 11.2 Å². The second kappa shape index (κ2) is 6.56. The predicted molar refractivity (Wildman–Crippen MR) is 81.5 cm³/mol. The molecule has 0 saturated carbocycles. The summed E-state index contributed by atoms with van der Waals surface area (Å²) in [6.45, 7) is -0.311. The van der Waals surface area contributed by atoms with Gasteiger partial charge in [0, 0.05) is 5.56 Å². The summed E-state index contributed by atoms with van der Waals surface area (Å²) in [5.41, 5.74) is -0.153. The maximum Gasteiger partial charge on any atom is 0.415 e. The monoisotopic (exact) mass is 359 g/mol. The number of hydrogen-bond acceptors (Lipinski definition) is 4. The van der Waals surface area contributed by atoms with E-state index in [1.54, 1.807) is 0 Å². The summed E-state index contributed by atoms with van der Waals surface area (Å²) >= 11 is -0.937. The Morgan fingerprint density at radius 1 is 1.29 bits per heavy atom. The summed E-state index contributed by atoms with van der Waals surface area (Å²) in [6.07, 6.45) is -1.45. The lowest BCUT2D eigenvalue weighted by molar-refractivity contribution is -0.144. The average Bonchev–Trinajstić information content (AvgIpc) is 2.90. The SMILES string of the molecule is O=C(O)[C@H]1CN(c2cc(F)c([C@H]3CC[S@@+]([O-])CC3)c(F)c2)C(=O)O1. The van der Waals surface area contributed by atoms with Crippen molar-refractivity contribution in [2.45, 2.75) is 24.9 Å². The van der Waals surface area contributed by atoms with Crippen molar-refractivity contribution in [3.8, 4) is 0 Å². The molecule has 24 heavy (non-hydrogen) atoms. The van der Waals surface area contributed by atoms with Crippen molar-refractivity contribution < 1.29 is 32.8 Å². The van der Waals surface area contributed by atoms with Gasteiger partial charge in [-0.2, -0.15) is 0 Å². The molecule has 2 aliphatic heterocycles. The van der Waals surface area contributed by atoms with Crippen LogP contribution in [0.15, 0.2) is 12.1 Å². The Hall–Kier alpha value is -1.87. The van der Waals surface area contributed by atoms with Crippen molar-refractivity contribution >= 4 is 28.9 Å². The number of benzene rings is 1. The number of carboxylic acid groups (broad SMARTS) is 1. The molecule has 6 nitrogen and oxygen atoms in total. The van der Waals surface area contributed by atoms with E-state index in [1.165, 1.54) is 0 Å². The van der Waals surface area contributed by atoms with E-state index in [4.69, 9.17) is 5.11 Å². The van der Waals surface area contributed by atoms with Crippen LogP contribution in [0, 0.1) is 11.6 Å². The van der Waals surface area contributed by atoms with E-state index < -0.39 is 41.0 Å². The fraction of sp³-hybridized carbons (Fsp3) is 0.467. The Morgan fingerprint density at radius 3 is 2.38 bits per heavy atom. The highest BCUT2D eigenvalue weighted by molar-refractivity contribution is 7.91. The third-order valence-corrected chi connectivity index (χ3v) is 5.64.